The summed E-state index contributed by atoms with van der Waals surface area (Å²) in [6.07, 6.45) is -2.88. The molecule has 0 aliphatic carbocycles. The molecule has 0 saturated carbocycles. The number of halogens is 3. The monoisotopic (exact) mass is 539 g/mol. The molecule has 2 aliphatic heterocycles. The number of ether oxygens (including phenoxy) is 2. The number of cyclic esters (lactones) is 1. The maximum absolute atomic E-state index is 13.3. The van der Waals surface area contributed by atoms with E-state index in [2.05, 4.69) is 17.9 Å². The van der Waals surface area contributed by atoms with Crippen molar-refractivity contribution in [3.8, 4) is 16.9 Å². The van der Waals surface area contributed by atoms with Gasteiger partial charge in [-0.25, -0.2) is 9.78 Å². The third-order valence-electron chi connectivity index (χ3n) is 7.49. The molecule has 39 heavy (non-hydrogen) atoms. The number of nitrogens with zero attached hydrogens (tertiary/aromatic N) is 3. The van der Waals surface area contributed by atoms with E-state index in [1.165, 1.54) is 11.6 Å². The average molecular weight is 540 g/mol. The van der Waals surface area contributed by atoms with Crippen molar-refractivity contribution in [2.45, 2.75) is 58.0 Å². The number of carbonyl (C=O) groups is 1. The fraction of sp³-hybridized carbons (Fsp3) is 0.400. The second kappa shape index (κ2) is 10.8. The molecule has 2 saturated heterocycles. The number of methoxy groups -OCH3 is 1. The molecule has 2 unspecified atom stereocenters. The number of benzene rings is 2. The van der Waals surface area contributed by atoms with E-state index >= 15 is 0 Å². The molecule has 6 nitrogen and oxygen atoms in total. The van der Waals surface area contributed by atoms with Gasteiger partial charge >= 0.3 is 12.3 Å². The number of carbonyl (C=O) groups excluding carboxylic acids is 1. The van der Waals surface area contributed by atoms with Gasteiger partial charge in [-0.15, -0.1) is 0 Å². The number of alkyl halides is 3. The Morgan fingerprint density at radius 3 is 2.54 bits per heavy atom. The lowest BCUT2D eigenvalue weighted by atomic mass is 9.97. The third-order valence-corrected chi connectivity index (χ3v) is 7.49. The summed E-state index contributed by atoms with van der Waals surface area (Å²) in [5.41, 5.74) is 3.12. The third kappa shape index (κ3) is 5.40. The van der Waals surface area contributed by atoms with E-state index in [0.29, 0.717) is 17.0 Å². The van der Waals surface area contributed by atoms with E-state index < -0.39 is 30.0 Å². The van der Waals surface area contributed by atoms with Crippen LogP contribution in [0.3, 0.4) is 0 Å². The van der Waals surface area contributed by atoms with Crippen LogP contribution in [0.4, 0.5) is 23.8 Å². The molecule has 2 aliphatic rings. The molecule has 0 N–H and O–H groups in total. The van der Waals surface area contributed by atoms with E-state index in [0.717, 1.165) is 61.4 Å². The maximum atomic E-state index is 13.3. The quantitative estimate of drug-likeness (QED) is 0.308. The summed E-state index contributed by atoms with van der Waals surface area (Å²) in [7, 11) is 1.62. The van der Waals surface area contributed by atoms with Gasteiger partial charge in [0.05, 0.1) is 31.0 Å². The van der Waals surface area contributed by atoms with E-state index in [9.17, 15) is 18.0 Å². The van der Waals surface area contributed by atoms with Gasteiger partial charge in [-0.3, -0.25) is 4.90 Å². The lowest BCUT2D eigenvalue weighted by molar-refractivity contribution is -0.137. The lowest BCUT2D eigenvalue weighted by Crippen LogP contribution is -2.38. The molecule has 5 rings (SSSR count). The minimum absolute atomic E-state index is 0.146. The van der Waals surface area contributed by atoms with Crippen molar-refractivity contribution in [2.24, 2.45) is 0 Å². The van der Waals surface area contributed by atoms with Crippen LogP contribution in [-0.4, -0.2) is 42.2 Å². The van der Waals surface area contributed by atoms with Crippen molar-refractivity contribution in [1.82, 2.24) is 9.88 Å². The molecule has 0 radical (unpaired) electrons. The van der Waals surface area contributed by atoms with Crippen LogP contribution in [0, 0.1) is 0 Å². The van der Waals surface area contributed by atoms with Crippen LogP contribution in [0.15, 0.2) is 54.6 Å². The molecule has 0 bridgehead atoms. The Morgan fingerprint density at radius 1 is 1.08 bits per heavy atom. The summed E-state index contributed by atoms with van der Waals surface area (Å²) < 4.78 is 51.3. The molecular weight excluding hydrogens is 507 g/mol. The average Bonchev–Trinajstić information content (AvgIpc) is 3.16. The highest BCUT2D eigenvalue weighted by atomic mass is 19.4. The number of aryl methyl sites for hydroxylation is 1. The van der Waals surface area contributed by atoms with Gasteiger partial charge in [0.25, 0.3) is 0 Å². The highest BCUT2D eigenvalue weighted by molar-refractivity contribution is 5.76. The van der Waals surface area contributed by atoms with Crippen molar-refractivity contribution in [3.05, 3.63) is 77.0 Å². The molecule has 3 aromatic rings. The van der Waals surface area contributed by atoms with Crippen molar-refractivity contribution in [2.75, 3.05) is 25.1 Å². The first kappa shape index (κ1) is 26.8. The number of pyridine rings is 1. The highest BCUT2D eigenvalue weighted by Gasteiger charge is 2.41. The molecule has 206 valence electrons. The molecule has 9 heteroatoms. The fourth-order valence-corrected chi connectivity index (χ4v) is 5.20. The second-order valence-electron chi connectivity index (χ2n) is 10.1. The van der Waals surface area contributed by atoms with Crippen LogP contribution in [-0.2, 0) is 23.9 Å². The fourth-order valence-electron chi connectivity index (χ4n) is 5.20. The number of aromatic nitrogens is 1. The Kier molecular flexibility index (Phi) is 7.42. The Bertz CT molecular complexity index is 1360. The SMILES string of the molecule is CCCc1ccc(OC)c(-c2ccc(N3CCC3)nc2CN2C(=O)OC(c3cccc(C(F)(F)F)c3)C2C)c1. The molecule has 2 atom stereocenters. The summed E-state index contributed by atoms with van der Waals surface area (Å²) >= 11 is 0. The van der Waals surface area contributed by atoms with Gasteiger partial charge in [0, 0.05) is 24.2 Å². The first-order valence-electron chi connectivity index (χ1n) is 13.3. The summed E-state index contributed by atoms with van der Waals surface area (Å²) in [5.74, 6) is 1.53. The Labute approximate surface area is 226 Å². The number of rotatable bonds is 8. The Morgan fingerprint density at radius 2 is 1.87 bits per heavy atom. The minimum atomic E-state index is -4.48. The van der Waals surface area contributed by atoms with E-state index in [1.54, 1.807) is 25.0 Å². The predicted molar refractivity (Wildman–Crippen MR) is 143 cm³/mol. The number of hydrogen-bond acceptors (Lipinski definition) is 5. The molecule has 0 spiro atoms. The maximum Gasteiger partial charge on any atom is 0.416 e. The highest BCUT2D eigenvalue weighted by Crippen LogP contribution is 2.39. The van der Waals surface area contributed by atoms with Crippen LogP contribution < -0.4 is 9.64 Å². The van der Waals surface area contributed by atoms with Crippen LogP contribution in [0.25, 0.3) is 11.1 Å². The summed E-state index contributed by atoms with van der Waals surface area (Å²) in [5, 5.41) is 0. The van der Waals surface area contributed by atoms with Gasteiger partial charge in [-0.2, -0.15) is 13.2 Å². The standard InChI is InChI=1S/C30H32F3N3O3/c1-4-7-20-10-12-26(38-3)24(16-20)23-11-13-27(35-14-6-15-35)34-25(23)18-36-19(2)28(39-29(36)37)21-8-5-9-22(17-21)30(31,32)33/h5,8-13,16-17,19,28H,4,6-7,14-15,18H2,1-3H3. The van der Waals surface area contributed by atoms with Crippen LogP contribution >= 0.6 is 0 Å². The Hall–Kier alpha value is -3.75. The Balaban J connectivity index is 1.51. The topological polar surface area (TPSA) is 54.9 Å². The molecule has 1 amide bonds. The molecule has 1 aromatic heterocycles. The van der Waals surface area contributed by atoms with Crippen molar-refractivity contribution in [1.29, 1.82) is 0 Å². The van der Waals surface area contributed by atoms with Crippen LogP contribution in [0.5, 0.6) is 5.75 Å². The predicted octanol–water partition coefficient (Wildman–Crippen LogP) is 7.02. The zero-order chi connectivity index (χ0) is 27.7. The zero-order valence-corrected chi connectivity index (χ0v) is 22.3. The van der Waals surface area contributed by atoms with Gasteiger partial charge in [0.1, 0.15) is 17.7 Å². The van der Waals surface area contributed by atoms with Crippen LogP contribution in [0.1, 0.15) is 55.2 Å². The van der Waals surface area contributed by atoms with Crippen molar-refractivity contribution < 1.29 is 27.4 Å². The lowest BCUT2D eigenvalue weighted by Gasteiger charge is -2.33. The van der Waals surface area contributed by atoms with Gasteiger partial charge < -0.3 is 14.4 Å². The first-order valence-corrected chi connectivity index (χ1v) is 13.3. The van der Waals surface area contributed by atoms with E-state index in [-0.39, 0.29) is 6.54 Å². The van der Waals surface area contributed by atoms with E-state index in [1.807, 2.05) is 24.3 Å². The molecular formula is C30H32F3N3O3. The van der Waals surface area contributed by atoms with E-state index in [4.69, 9.17) is 14.5 Å². The zero-order valence-electron chi connectivity index (χ0n) is 22.3. The first-order chi connectivity index (χ1) is 18.7. The summed E-state index contributed by atoms with van der Waals surface area (Å²) in [6, 6.07) is 14.6. The minimum Gasteiger partial charge on any atom is -0.496 e. The molecule has 3 heterocycles. The molecule has 2 aromatic carbocycles. The smallest absolute Gasteiger partial charge is 0.416 e. The van der Waals surface area contributed by atoms with Gasteiger partial charge in [0.15, 0.2) is 0 Å². The normalized spacial score (nSPS) is 19.2. The summed E-state index contributed by atoms with van der Waals surface area (Å²) in [4.78, 5) is 21.8. The number of anilines is 1. The van der Waals surface area contributed by atoms with Gasteiger partial charge in [0.2, 0.25) is 0 Å². The van der Waals surface area contributed by atoms with Crippen LogP contribution in [0.2, 0.25) is 0 Å². The van der Waals surface area contributed by atoms with Gasteiger partial charge in [-0.05, 0) is 67.3 Å². The number of amides is 1. The summed E-state index contributed by atoms with van der Waals surface area (Å²) in [6.45, 7) is 5.90. The second-order valence-corrected chi connectivity index (χ2v) is 10.1. The van der Waals surface area contributed by atoms with Crippen molar-refractivity contribution in [3.63, 3.8) is 0 Å². The molecule has 2 fully saturated rings. The van der Waals surface area contributed by atoms with Gasteiger partial charge in [-0.1, -0.05) is 31.5 Å². The van der Waals surface area contributed by atoms with Crippen molar-refractivity contribution >= 4 is 11.9 Å². The largest absolute Gasteiger partial charge is 0.496 e. The number of hydrogen-bond donors (Lipinski definition) is 0.